The number of carbonyl (C=O) groups excluding carboxylic acids is 1. The van der Waals surface area contributed by atoms with Gasteiger partial charge in [-0.15, -0.1) is 0 Å². The predicted octanol–water partition coefficient (Wildman–Crippen LogP) is -0.420. The maximum Gasteiger partial charge on any atom is 0.263 e. The molecule has 1 atom stereocenters. The number of benzene rings is 1. The third-order valence-corrected chi connectivity index (χ3v) is 1.72. The summed E-state index contributed by atoms with van der Waals surface area (Å²) in [6, 6.07) is 9.25. The molecule has 0 heterocycles. The van der Waals surface area contributed by atoms with Gasteiger partial charge in [0.15, 0.2) is 0 Å². The van der Waals surface area contributed by atoms with Gasteiger partial charge in [-0.05, 0) is 5.56 Å². The zero-order valence-electron chi connectivity index (χ0n) is 7.10. The molecule has 1 amide bonds. The van der Waals surface area contributed by atoms with Crippen LogP contribution in [0.5, 0.6) is 0 Å². The molecule has 0 aromatic heterocycles. The highest BCUT2D eigenvalue weighted by Crippen LogP contribution is 2.02. The lowest BCUT2D eigenvalue weighted by atomic mass is 10.1. The quantitative estimate of drug-likeness (QED) is 0.336. The van der Waals surface area contributed by atoms with Gasteiger partial charge in [0.1, 0.15) is 6.10 Å². The lowest BCUT2D eigenvalue weighted by Gasteiger charge is -2.07. The van der Waals surface area contributed by atoms with E-state index in [2.05, 4.69) is 0 Å². The number of nitrogens with two attached hydrogens (primary N) is 1. The van der Waals surface area contributed by atoms with Gasteiger partial charge in [0.05, 0.1) is 0 Å². The SMILES string of the molecule is NNC(=O)[C@@H](O)Cc1ccccc1. The lowest BCUT2D eigenvalue weighted by Crippen LogP contribution is -2.40. The molecule has 0 radical (unpaired) electrons. The summed E-state index contributed by atoms with van der Waals surface area (Å²) in [4.78, 5) is 10.8. The van der Waals surface area contributed by atoms with Crippen LogP contribution in [0.15, 0.2) is 30.3 Å². The second kappa shape index (κ2) is 4.59. The van der Waals surface area contributed by atoms with E-state index in [0.717, 1.165) is 5.56 Å². The molecule has 4 N–H and O–H groups in total. The molecule has 0 spiro atoms. The summed E-state index contributed by atoms with van der Waals surface area (Å²) in [5.74, 6) is 4.30. The summed E-state index contributed by atoms with van der Waals surface area (Å²) in [5.41, 5.74) is 2.80. The molecule has 0 saturated heterocycles. The molecule has 1 aromatic carbocycles. The zero-order valence-corrected chi connectivity index (χ0v) is 7.10. The first kappa shape index (κ1) is 9.70. The number of hydrogen-bond acceptors (Lipinski definition) is 3. The molecule has 0 saturated carbocycles. The van der Waals surface area contributed by atoms with Crippen molar-refractivity contribution in [1.82, 2.24) is 5.43 Å². The molecule has 13 heavy (non-hydrogen) atoms. The number of rotatable bonds is 3. The molecule has 1 aromatic rings. The monoisotopic (exact) mass is 180 g/mol. The minimum atomic E-state index is -1.08. The number of nitrogens with one attached hydrogen (secondary N) is 1. The van der Waals surface area contributed by atoms with Gasteiger partial charge in [-0.2, -0.15) is 0 Å². The number of aliphatic hydroxyl groups excluding tert-OH is 1. The molecule has 4 heteroatoms. The van der Waals surface area contributed by atoms with Crippen LogP contribution in [-0.2, 0) is 11.2 Å². The van der Waals surface area contributed by atoms with Crippen molar-refractivity contribution < 1.29 is 9.90 Å². The van der Waals surface area contributed by atoms with Gasteiger partial charge in [0, 0.05) is 6.42 Å². The molecule has 0 aliphatic heterocycles. The Kier molecular flexibility index (Phi) is 3.42. The molecule has 0 bridgehead atoms. The molecule has 70 valence electrons. The Bertz CT molecular complexity index is 274. The number of aliphatic hydroxyl groups is 1. The van der Waals surface area contributed by atoms with Crippen molar-refractivity contribution in [3.05, 3.63) is 35.9 Å². The predicted molar refractivity (Wildman–Crippen MR) is 48.5 cm³/mol. The standard InChI is InChI=1S/C9H12N2O2/c10-11-9(13)8(12)6-7-4-2-1-3-5-7/h1-5,8,12H,6,10H2,(H,11,13)/t8-/m0/s1. The van der Waals surface area contributed by atoms with Gasteiger partial charge in [-0.3, -0.25) is 10.2 Å². The van der Waals surface area contributed by atoms with E-state index >= 15 is 0 Å². The Hall–Kier alpha value is -1.39. The minimum Gasteiger partial charge on any atom is -0.383 e. The Balaban J connectivity index is 2.55. The van der Waals surface area contributed by atoms with Crippen LogP contribution in [-0.4, -0.2) is 17.1 Å². The van der Waals surface area contributed by atoms with Crippen molar-refractivity contribution in [3.63, 3.8) is 0 Å². The van der Waals surface area contributed by atoms with Crippen LogP contribution in [0.1, 0.15) is 5.56 Å². The molecule has 1 rings (SSSR count). The number of hydrogen-bond donors (Lipinski definition) is 3. The van der Waals surface area contributed by atoms with Crippen molar-refractivity contribution in [2.24, 2.45) is 5.84 Å². The number of hydrazine groups is 1. The second-order valence-electron chi connectivity index (χ2n) is 2.71. The van der Waals surface area contributed by atoms with Crippen LogP contribution in [0.4, 0.5) is 0 Å². The molecule has 0 unspecified atom stereocenters. The van der Waals surface area contributed by atoms with E-state index < -0.39 is 12.0 Å². The third-order valence-electron chi connectivity index (χ3n) is 1.72. The highest BCUT2D eigenvalue weighted by Gasteiger charge is 2.13. The molecular weight excluding hydrogens is 168 g/mol. The smallest absolute Gasteiger partial charge is 0.263 e. The van der Waals surface area contributed by atoms with E-state index in [1.165, 1.54) is 0 Å². The fraction of sp³-hybridized carbons (Fsp3) is 0.222. The lowest BCUT2D eigenvalue weighted by molar-refractivity contribution is -0.129. The molecule has 0 fully saturated rings. The van der Waals surface area contributed by atoms with E-state index in [0.29, 0.717) is 0 Å². The van der Waals surface area contributed by atoms with E-state index in [-0.39, 0.29) is 6.42 Å². The molecule has 0 aliphatic carbocycles. The summed E-state index contributed by atoms with van der Waals surface area (Å²) >= 11 is 0. The number of amides is 1. The Labute approximate surface area is 76.3 Å². The van der Waals surface area contributed by atoms with Crippen LogP contribution in [0.2, 0.25) is 0 Å². The van der Waals surface area contributed by atoms with Gasteiger partial charge in [-0.1, -0.05) is 30.3 Å². The molecular formula is C9H12N2O2. The number of carbonyl (C=O) groups is 1. The highest BCUT2D eigenvalue weighted by molar-refractivity contribution is 5.80. The average Bonchev–Trinajstić information content (AvgIpc) is 2.18. The first-order valence-corrected chi connectivity index (χ1v) is 3.96. The van der Waals surface area contributed by atoms with Gasteiger partial charge in [-0.25, -0.2) is 5.84 Å². The second-order valence-corrected chi connectivity index (χ2v) is 2.71. The third kappa shape index (κ3) is 2.85. The van der Waals surface area contributed by atoms with Gasteiger partial charge in [0.25, 0.3) is 5.91 Å². The zero-order chi connectivity index (χ0) is 9.68. The normalized spacial score (nSPS) is 12.2. The average molecular weight is 180 g/mol. The minimum absolute atomic E-state index is 0.282. The fourth-order valence-corrected chi connectivity index (χ4v) is 1.03. The van der Waals surface area contributed by atoms with Crippen molar-refractivity contribution in [1.29, 1.82) is 0 Å². The molecule has 4 nitrogen and oxygen atoms in total. The first-order chi connectivity index (χ1) is 6.24. The molecule has 0 aliphatic rings. The summed E-state index contributed by atoms with van der Waals surface area (Å²) in [6.45, 7) is 0. The van der Waals surface area contributed by atoms with Crippen LogP contribution in [0.25, 0.3) is 0 Å². The van der Waals surface area contributed by atoms with Crippen molar-refractivity contribution in [3.8, 4) is 0 Å². The van der Waals surface area contributed by atoms with E-state index in [4.69, 9.17) is 5.84 Å². The summed E-state index contributed by atoms with van der Waals surface area (Å²) < 4.78 is 0. The van der Waals surface area contributed by atoms with E-state index in [1.807, 2.05) is 35.8 Å². The van der Waals surface area contributed by atoms with Crippen LogP contribution < -0.4 is 11.3 Å². The summed E-state index contributed by atoms with van der Waals surface area (Å²) in [7, 11) is 0. The maximum absolute atomic E-state index is 10.8. The Morgan fingerprint density at radius 1 is 1.46 bits per heavy atom. The fourth-order valence-electron chi connectivity index (χ4n) is 1.03. The van der Waals surface area contributed by atoms with Gasteiger partial charge < -0.3 is 5.11 Å². The summed E-state index contributed by atoms with van der Waals surface area (Å²) in [6.07, 6.45) is -0.795. The summed E-state index contributed by atoms with van der Waals surface area (Å²) in [5, 5.41) is 9.28. The largest absolute Gasteiger partial charge is 0.383 e. The maximum atomic E-state index is 10.8. The first-order valence-electron chi connectivity index (χ1n) is 3.96. The van der Waals surface area contributed by atoms with Crippen molar-refractivity contribution in [2.75, 3.05) is 0 Å². The Morgan fingerprint density at radius 3 is 2.62 bits per heavy atom. The van der Waals surface area contributed by atoms with E-state index in [1.54, 1.807) is 0 Å². The Morgan fingerprint density at radius 2 is 2.08 bits per heavy atom. The topological polar surface area (TPSA) is 75.3 Å². The van der Waals surface area contributed by atoms with Gasteiger partial charge in [0.2, 0.25) is 0 Å². The van der Waals surface area contributed by atoms with Gasteiger partial charge >= 0.3 is 0 Å². The van der Waals surface area contributed by atoms with Crippen LogP contribution >= 0.6 is 0 Å². The van der Waals surface area contributed by atoms with Crippen molar-refractivity contribution in [2.45, 2.75) is 12.5 Å². The van der Waals surface area contributed by atoms with Crippen LogP contribution in [0, 0.1) is 0 Å². The van der Waals surface area contributed by atoms with Crippen LogP contribution in [0.3, 0.4) is 0 Å². The van der Waals surface area contributed by atoms with E-state index in [9.17, 15) is 9.90 Å². The highest BCUT2D eigenvalue weighted by atomic mass is 16.3. The van der Waals surface area contributed by atoms with Crippen molar-refractivity contribution >= 4 is 5.91 Å².